The van der Waals surface area contributed by atoms with Crippen molar-refractivity contribution < 1.29 is 17.6 Å². The maximum Gasteiger partial charge on any atom is 0.150 e. The van der Waals surface area contributed by atoms with Crippen molar-refractivity contribution in [1.82, 2.24) is 9.78 Å². The van der Waals surface area contributed by atoms with E-state index in [1.807, 2.05) is 31.2 Å². The average Bonchev–Trinajstić information content (AvgIpc) is 3.16. The van der Waals surface area contributed by atoms with E-state index >= 15 is 0 Å². The minimum atomic E-state index is -3.17. The lowest BCUT2D eigenvalue weighted by Gasteiger charge is -2.13. The third-order valence-electron chi connectivity index (χ3n) is 5.77. The predicted octanol–water partition coefficient (Wildman–Crippen LogP) is 5.26. The molecule has 0 radical (unpaired) electrons. The third-order valence-corrected chi connectivity index (χ3v) is 7.71. The van der Waals surface area contributed by atoms with Crippen LogP contribution in [0.2, 0.25) is 5.02 Å². The van der Waals surface area contributed by atoms with Crippen molar-refractivity contribution in [3.05, 3.63) is 81.9 Å². The van der Waals surface area contributed by atoms with E-state index < -0.39 is 21.6 Å². The summed E-state index contributed by atoms with van der Waals surface area (Å²) in [7, 11) is -3.17. The van der Waals surface area contributed by atoms with E-state index in [0.717, 1.165) is 17.1 Å². The molecular weight excluding hydrogens is 463 g/mol. The fraction of sp³-hybridized carbons (Fsp3) is 0.360. The average molecular weight is 491 g/mol. The largest absolute Gasteiger partial charge is 0.299 e. The van der Waals surface area contributed by atoms with Gasteiger partial charge in [0.1, 0.15) is 21.4 Å². The van der Waals surface area contributed by atoms with Gasteiger partial charge in [-0.1, -0.05) is 43.6 Å². The van der Waals surface area contributed by atoms with E-state index in [1.54, 1.807) is 36.7 Å². The number of halogens is 2. The molecule has 0 aliphatic carbocycles. The van der Waals surface area contributed by atoms with Crippen LogP contribution in [0.15, 0.2) is 48.5 Å². The molecule has 5 nitrogen and oxygen atoms in total. The Bertz CT molecular complexity index is 1250. The summed E-state index contributed by atoms with van der Waals surface area (Å²) in [6.07, 6.45) is 0.897. The number of ketones is 1. The number of rotatable bonds is 10. The van der Waals surface area contributed by atoms with Gasteiger partial charge in [0, 0.05) is 28.8 Å². The fourth-order valence-electron chi connectivity index (χ4n) is 3.66. The first-order valence-corrected chi connectivity index (χ1v) is 13.1. The van der Waals surface area contributed by atoms with Crippen LogP contribution in [0.25, 0.3) is 5.69 Å². The Balaban J connectivity index is 1.68. The summed E-state index contributed by atoms with van der Waals surface area (Å²) in [5, 5.41) is 5.13. The molecule has 1 heterocycles. The first-order chi connectivity index (χ1) is 15.6. The molecule has 0 spiro atoms. The van der Waals surface area contributed by atoms with Gasteiger partial charge in [0.2, 0.25) is 0 Å². The van der Waals surface area contributed by atoms with Gasteiger partial charge >= 0.3 is 0 Å². The first-order valence-electron chi connectivity index (χ1n) is 10.9. The van der Waals surface area contributed by atoms with E-state index in [9.17, 15) is 17.6 Å². The van der Waals surface area contributed by atoms with Crippen LogP contribution in [0.1, 0.15) is 48.7 Å². The van der Waals surface area contributed by atoms with Gasteiger partial charge in [0.25, 0.3) is 0 Å². The molecule has 0 aliphatic heterocycles. The van der Waals surface area contributed by atoms with Crippen LogP contribution in [-0.2, 0) is 27.5 Å². The van der Waals surface area contributed by atoms with Crippen molar-refractivity contribution in [1.29, 1.82) is 0 Å². The van der Waals surface area contributed by atoms with Crippen LogP contribution < -0.4 is 0 Å². The van der Waals surface area contributed by atoms with E-state index in [0.29, 0.717) is 22.6 Å². The number of benzene rings is 2. The summed E-state index contributed by atoms with van der Waals surface area (Å²) in [5.41, 5.74) is 3.49. The number of carbonyl (C=O) groups is 1. The molecule has 0 fully saturated rings. The number of hydrogen-bond donors (Lipinski definition) is 0. The van der Waals surface area contributed by atoms with Crippen molar-refractivity contribution in [2.45, 2.75) is 46.0 Å². The van der Waals surface area contributed by atoms with Crippen LogP contribution in [0, 0.1) is 12.7 Å². The minimum absolute atomic E-state index is 0.00721. The van der Waals surface area contributed by atoms with Gasteiger partial charge < -0.3 is 0 Å². The second-order valence-corrected chi connectivity index (χ2v) is 11.1. The highest BCUT2D eigenvalue weighted by molar-refractivity contribution is 7.91. The Hall–Kier alpha value is -2.51. The van der Waals surface area contributed by atoms with Crippen molar-refractivity contribution in [2.24, 2.45) is 0 Å². The van der Waals surface area contributed by atoms with Gasteiger partial charge in [-0.05, 0) is 61.2 Å². The summed E-state index contributed by atoms with van der Waals surface area (Å²) in [6, 6.07) is 13.9. The SMILES string of the molecule is CCS(=O)(=O)CCc1ccc(C(C)C(=O)CCc2cc(C)nn2-c2cccc(Cl)c2)cc1F. The second kappa shape index (κ2) is 10.6. The monoisotopic (exact) mass is 490 g/mol. The number of hydrogen-bond acceptors (Lipinski definition) is 4. The Morgan fingerprint density at radius 3 is 2.58 bits per heavy atom. The lowest BCUT2D eigenvalue weighted by atomic mass is 9.92. The van der Waals surface area contributed by atoms with E-state index in [4.69, 9.17) is 11.6 Å². The molecule has 0 bridgehead atoms. The third kappa shape index (κ3) is 6.51. The zero-order valence-corrected chi connectivity index (χ0v) is 20.6. The summed E-state index contributed by atoms with van der Waals surface area (Å²) >= 11 is 6.11. The molecule has 0 N–H and O–H groups in total. The van der Waals surface area contributed by atoms with Gasteiger partial charge in [0.15, 0.2) is 0 Å². The van der Waals surface area contributed by atoms with Crippen LogP contribution >= 0.6 is 11.6 Å². The van der Waals surface area contributed by atoms with Gasteiger partial charge in [-0.25, -0.2) is 17.5 Å². The fourth-order valence-corrected chi connectivity index (χ4v) is 4.67. The molecule has 1 aromatic heterocycles. The number of nitrogens with zero attached hydrogens (tertiary/aromatic N) is 2. The molecule has 33 heavy (non-hydrogen) atoms. The van der Waals surface area contributed by atoms with Crippen LogP contribution in [0.3, 0.4) is 0 Å². The molecule has 3 aromatic rings. The number of aromatic nitrogens is 2. The number of aryl methyl sites for hydroxylation is 3. The molecule has 2 aromatic carbocycles. The number of carbonyl (C=O) groups excluding carboxylic acids is 1. The lowest BCUT2D eigenvalue weighted by molar-refractivity contribution is -0.120. The zero-order chi connectivity index (χ0) is 24.2. The van der Waals surface area contributed by atoms with Crippen LogP contribution in [-0.4, -0.2) is 35.5 Å². The molecule has 0 saturated carbocycles. The predicted molar refractivity (Wildman–Crippen MR) is 129 cm³/mol. The highest BCUT2D eigenvalue weighted by Crippen LogP contribution is 2.23. The maximum absolute atomic E-state index is 14.6. The summed E-state index contributed by atoms with van der Waals surface area (Å²) < 4.78 is 39.7. The molecule has 8 heteroatoms. The van der Waals surface area contributed by atoms with Crippen molar-refractivity contribution in [3.63, 3.8) is 0 Å². The van der Waals surface area contributed by atoms with Gasteiger partial charge in [-0.3, -0.25) is 4.79 Å². The Morgan fingerprint density at radius 1 is 1.15 bits per heavy atom. The molecule has 0 saturated heterocycles. The van der Waals surface area contributed by atoms with Crippen molar-refractivity contribution in [2.75, 3.05) is 11.5 Å². The van der Waals surface area contributed by atoms with Crippen LogP contribution in [0.4, 0.5) is 4.39 Å². The van der Waals surface area contributed by atoms with Gasteiger partial charge in [-0.2, -0.15) is 5.10 Å². The molecule has 0 aliphatic rings. The smallest absolute Gasteiger partial charge is 0.150 e. The summed E-state index contributed by atoms with van der Waals surface area (Å²) in [5.74, 6) is -1.01. The topological polar surface area (TPSA) is 69.0 Å². The molecule has 3 rings (SSSR count). The zero-order valence-electron chi connectivity index (χ0n) is 19.0. The molecule has 0 amide bonds. The molecule has 1 atom stereocenters. The van der Waals surface area contributed by atoms with E-state index in [1.165, 1.54) is 6.07 Å². The Morgan fingerprint density at radius 2 is 1.91 bits per heavy atom. The van der Waals surface area contributed by atoms with E-state index in [2.05, 4.69) is 5.10 Å². The Kier molecular flexibility index (Phi) is 8.08. The molecule has 176 valence electrons. The highest BCUT2D eigenvalue weighted by atomic mass is 35.5. The standard InChI is InChI=1S/C25H28ClFN2O3S/c1-4-33(31,32)13-12-19-8-9-20(15-24(19)27)18(3)25(30)11-10-23-14-17(2)28-29(23)22-7-5-6-21(26)16-22/h5-9,14-16,18H,4,10-13H2,1-3H3. The normalized spacial score (nSPS) is 12.6. The van der Waals surface area contributed by atoms with E-state index in [-0.39, 0.29) is 30.1 Å². The van der Waals surface area contributed by atoms with Crippen LogP contribution in [0.5, 0.6) is 0 Å². The molecule has 1 unspecified atom stereocenters. The maximum atomic E-state index is 14.6. The molecular formula is C25H28ClFN2O3S. The van der Waals surface area contributed by atoms with Crippen molar-refractivity contribution >= 4 is 27.2 Å². The lowest BCUT2D eigenvalue weighted by Crippen LogP contribution is -2.13. The van der Waals surface area contributed by atoms with Gasteiger partial charge in [0.05, 0.1) is 17.1 Å². The first kappa shape index (κ1) is 25.1. The Labute approximate surface area is 199 Å². The summed E-state index contributed by atoms with van der Waals surface area (Å²) in [6.45, 7) is 5.23. The second-order valence-electron chi connectivity index (χ2n) is 8.19. The van der Waals surface area contributed by atoms with Gasteiger partial charge in [-0.15, -0.1) is 0 Å². The number of sulfone groups is 1. The number of Topliss-reactive ketones (excluding diaryl/α,β-unsaturated/α-hetero) is 1. The minimum Gasteiger partial charge on any atom is -0.299 e. The summed E-state index contributed by atoms with van der Waals surface area (Å²) in [4.78, 5) is 12.9. The van der Waals surface area contributed by atoms with Crippen molar-refractivity contribution in [3.8, 4) is 5.69 Å². The highest BCUT2D eigenvalue weighted by Gasteiger charge is 2.19. The quantitative estimate of drug-likeness (QED) is 0.389.